The Morgan fingerprint density at radius 3 is 3.00 bits per heavy atom. The Hall–Kier alpha value is -1.25. The molecular weight excluding hydrogens is 144 g/mol. The van der Waals surface area contributed by atoms with Crippen LogP contribution in [0.15, 0.2) is 22.8 Å². The highest BCUT2D eigenvalue weighted by Gasteiger charge is 2.11. The molecule has 0 spiro atoms. The molecule has 1 N–H and O–H groups in total. The zero-order chi connectivity index (χ0) is 8.27. The van der Waals surface area contributed by atoms with Gasteiger partial charge in [0.2, 0.25) is 0 Å². The number of aliphatic carboxylic acids is 1. The fourth-order valence-corrected chi connectivity index (χ4v) is 0.934. The Balaban J connectivity index is 2.56. The molecule has 1 aromatic heterocycles. The molecule has 3 nitrogen and oxygen atoms in total. The summed E-state index contributed by atoms with van der Waals surface area (Å²) in [6.07, 6.45) is 1.67. The molecule has 1 rings (SSSR count). The van der Waals surface area contributed by atoms with E-state index in [-0.39, 0.29) is 12.3 Å². The van der Waals surface area contributed by atoms with Gasteiger partial charge in [-0.1, -0.05) is 6.92 Å². The van der Waals surface area contributed by atoms with Crippen LogP contribution in [-0.2, 0) is 4.79 Å². The van der Waals surface area contributed by atoms with E-state index >= 15 is 0 Å². The standard InChI is InChI=1S/C8H10O3/c1-6(5-8(9)10)7-3-2-4-11-7/h2-4,6H,5H2,1H3,(H,9,10)/t6-/m1/s1. The molecule has 3 heteroatoms. The first-order valence-corrected chi connectivity index (χ1v) is 3.45. The molecule has 1 atom stereocenters. The Morgan fingerprint density at radius 2 is 2.55 bits per heavy atom. The molecule has 0 unspecified atom stereocenters. The maximum atomic E-state index is 10.3. The minimum Gasteiger partial charge on any atom is -0.481 e. The second kappa shape index (κ2) is 3.23. The van der Waals surface area contributed by atoms with Crippen molar-refractivity contribution in [1.82, 2.24) is 0 Å². The zero-order valence-corrected chi connectivity index (χ0v) is 6.28. The van der Waals surface area contributed by atoms with Crippen LogP contribution < -0.4 is 0 Å². The van der Waals surface area contributed by atoms with Crippen LogP contribution in [0.5, 0.6) is 0 Å². The number of carbonyl (C=O) groups is 1. The molecule has 0 fully saturated rings. The van der Waals surface area contributed by atoms with E-state index in [0.717, 1.165) is 5.76 Å². The first kappa shape index (κ1) is 7.85. The van der Waals surface area contributed by atoms with Crippen LogP contribution in [-0.4, -0.2) is 11.1 Å². The maximum Gasteiger partial charge on any atom is 0.304 e. The Labute approximate surface area is 64.6 Å². The highest BCUT2D eigenvalue weighted by atomic mass is 16.4. The van der Waals surface area contributed by atoms with Crippen LogP contribution in [0, 0.1) is 0 Å². The summed E-state index contributed by atoms with van der Waals surface area (Å²) < 4.78 is 5.03. The molecule has 0 aromatic carbocycles. The van der Waals surface area contributed by atoms with Crippen molar-refractivity contribution in [2.75, 3.05) is 0 Å². The molecule has 0 saturated heterocycles. The Bertz CT molecular complexity index is 225. The van der Waals surface area contributed by atoms with E-state index in [9.17, 15) is 4.79 Å². The molecule has 1 aromatic rings. The fraction of sp³-hybridized carbons (Fsp3) is 0.375. The monoisotopic (exact) mass is 154 g/mol. The lowest BCUT2D eigenvalue weighted by Gasteiger charge is -2.02. The summed E-state index contributed by atoms with van der Waals surface area (Å²) in [7, 11) is 0. The lowest BCUT2D eigenvalue weighted by Crippen LogP contribution is -2.01. The Kier molecular flexibility index (Phi) is 2.31. The molecule has 0 aliphatic carbocycles. The van der Waals surface area contributed by atoms with Crippen LogP contribution in [0.3, 0.4) is 0 Å². The quantitative estimate of drug-likeness (QED) is 0.722. The summed E-state index contributed by atoms with van der Waals surface area (Å²) in [6.45, 7) is 1.83. The fourth-order valence-electron chi connectivity index (χ4n) is 0.934. The summed E-state index contributed by atoms with van der Waals surface area (Å²) in [5.41, 5.74) is 0. The third-order valence-corrected chi connectivity index (χ3v) is 1.51. The van der Waals surface area contributed by atoms with E-state index in [0.29, 0.717) is 0 Å². The predicted octanol–water partition coefficient (Wildman–Crippen LogP) is 1.86. The lowest BCUT2D eigenvalue weighted by atomic mass is 10.1. The lowest BCUT2D eigenvalue weighted by molar-refractivity contribution is -0.137. The highest BCUT2D eigenvalue weighted by Crippen LogP contribution is 2.18. The second-order valence-electron chi connectivity index (χ2n) is 2.51. The van der Waals surface area contributed by atoms with Gasteiger partial charge in [-0.15, -0.1) is 0 Å². The van der Waals surface area contributed by atoms with Gasteiger partial charge in [0.15, 0.2) is 0 Å². The topological polar surface area (TPSA) is 50.4 Å². The van der Waals surface area contributed by atoms with Crippen LogP contribution >= 0.6 is 0 Å². The molecule has 0 saturated carbocycles. The van der Waals surface area contributed by atoms with Gasteiger partial charge < -0.3 is 9.52 Å². The van der Waals surface area contributed by atoms with Gasteiger partial charge in [0, 0.05) is 5.92 Å². The van der Waals surface area contributed by atoms with Gasteiger partial charge in [0.1, 0.15) is 5.76 Å². The summed E-state index contributed by atoms with van der Waals surface area (Å²) in [6, 6.07) is 3.54. The third kappa shape index (κ3) is 2.11. The second-order valence-corrected chi connectivity index (χ2v) is 2.51. The SMILES string of the molecule is C[C@H](CC(=O)O)c1ccco1. The van der Waals surface area contributed by atoms with Gasteiger partial charge in [-0.05, 0) is 12.1 Å². The minimum atomic E-state index is -0.797. The predicted molar refractivity (Wildman–Crippen MR) is 39.4 cm³/mol. The highest BCUT2D eigenvalue weighted by molar-refractivity contribution is 5.67. The normalized spacial score (nSPS) is 12.8. The van der Waals surface area contributed by atoms with Crippen LogP contribution in [0.25, 0.3) is 0 Å². The minimum absolute atomic E-state index is 0.0394. The molecule has 0 amide bonds. The molecule has 11 heavy (non-hydrogen) atoms. The molecular formula is C8H10O3. The number of hydrogen-bond donors (Lipinski definition) is 1. The van der Waals surface area contributed by atoms with Gasteiger partial charge in [-0.25, -0.2) is 0 Å². The number of hydrogen-bond acceptors (Lipinski definition) is 2. The number of rotatable bonds is 3. The maximum absolute atomic E-state index is 10.3. The van der Waals surface area contributed by atoms with Crippen LogP contribution in [0.1, 0.15) is 25.0 Å². The summed E-state index contributed by atoms with van der Waals surface area (Å²) in [4.78, 5) is 10.3. The van der Waals surface area contributed by atoms with Gasteiger partial charge in [-0.2, -0.15) is 0 Å². The number of carboxylic acid groups (broad SMARTS) is 1. The molecule has 0 radical (unpaired) electrons. The van der Waals surface area contributed by atoms with Crippen molar-refractivity contribution in [3.05, 3.63) is 24.2 Å². The third-order valence-electron chi connectivity index (χ3n) is 1.51. The summed E-state index contributed by atoms with van der Waals surface area (Å²) >= 11 is 0. The molecule has 0 bridgehead atoms. The van der Waals surface area contributed by atoms with Crippen LogP contribution in [0.4, 0.5) is 0 Å². The van der Waals surface area contributed by atoms with E-state index in [2.05, 4.69) is 0 Å². The van der Waals surface area contributed by atoms with E-state index < -0.39 is 5.97 Å². The molecule has 0 aliphatic heterocycles. The van der Waals surface area contributed by atoms with E-state index in [1.807, 2.05) is 6.92 Å². The molecule has 0 aliphatic rings. The van der Waals surface area contributed by atoms with E-state index in [4.69, 9.17) is 9.52 Å². The van der Waals surface area contributed by atoms with Gasteiger partial charge >= 0.3 is 5.97 Å². The molecule has 60 valence electrons. The zero-order valence-electron chi connectivity index (χ0n) is 6.28. The Morgan fingerprint density at radius 1 is 1.82 bits per heavy atom. The van der Waals surface area contributed by atoms with Crippen molar-refractivity contribution >= 4 is 5.97 Å². The number of furan rings is 1. The average Bonchev–Trinajstić information content (AvgIpc) is 2.35. The van der Waals surface area contributed by atoms with Crippen molar-refractivity contribution in [3.63, 3.8) is 0 Å². The summed E-state index contributed by atoms with van der Waals surface area (Å²) in [5.74, 6) is -0.108. The summed E-state index contributed by atoms with van der Waals surface area (Å²) in [5, 5.41) is 8.44. The van der Waals surface area contributed by atoms with Crippen molar-refractivity contribution in [2.45, 2.75) is 19.3 Å². The first-order valence-electron chi connectivity index (χ1n) is 3.45. The van der Waals surface area contributed by atoms with E-state index in [1.54, 1.807) is 18.4 Å². The van der Waals surface area contributed by atoms with Crippen molar-refractivity contribution in [2.24, 2.45) is 0 Å². The average molecular weight is 154 g/mol. The largest absolute Gasteiger partial charge is 0.481 e. The smallest absolute Gasteiger partial charge is 0.304 e. The number of carboxylic acids is 1. The van der Waals surface area contributed by atoms with Gasteiger partial charge in [0.25, 0.3) is 0 Å². The van der Waals surface area contributed by atoms with Gasteiger partial charge in [0.05, 0.1) is 12.7 Å². The van der Waals surface area contributed by atoms with Crippen molar-refractivity contribution < 1.29 is 14.3 Å². The molecule has 1 heterocycles. The first-order chi connectivity index (χ1) is 5.20. The van der Waals surface area contributed by atoms with Crippen molar-refractivity contribution in [3.8, 4) is 0 Å². The van der Waals surface area contributed by atoms with Crippen molar-refractivity contribution in [1.29, 1.82) is 0 Å². The van der Waals surface area contributed by atoms with Crippen LogP contribution in [0.2, 0.25) is 0 Å². The van der Waals surface area contributed by atoms with Gasteiger partial charge in [-0.3, -0.25) is 4.79 Å². The van der Waals surface area contributed by atoms with E-state index in [1.165, 1.54) is 0 Å².